The number of fused-ring (bicyclic) bond motifs is 2. The highest BCUT2D eigenvalue weighted by atomic mass is 15.3. The summed E-state index contributed by atoms with van der Waals surface area (Å²) < 4.78 is 0. The van der Waals surface area contributed by atoms with Crippen molar-refractivity contribution in [3.05, 3.63) is 59.4 Å². The molecular formula is C21H24N6. The van der Waals surface area contributed by atoms with Gasteiger partial charge in [0.15, 0.2) is 11.6 Å². The van der Waals surface area contributed by atoms with E-state index in [0.717, 1.165) is 49.1 Å². The van der Waals surface area contributed by atoms with Crippen molar-refractivity contribution in [1.29, 1.82) is 0 Å². The molecule has 1 aliphatic heterocycles. The molecule has 3 aromatic rings. The number of aryl methyl sites for hydroxylation is 2. The van der Waals surface area contributed by atoms with E-state index in [0.29, 0.717) is 0 Å². The molecule has 1 N–H and O–H groups in total. The maximum Gasteiger partial charge on any atom is 0.164 e. The first-order valence-corrected chi connectivity index (χ1v) is 9.74. The molecule has 2 aliphatic rings. The summed E-state index contributed by atoms with van der Waals surface area (Å²) in [7, 11) is 0. The first-order valence-electron chi connectivity index (χ1n) is 9.74. The molecule has 27 heavy (non-hydrogen) atoms. The Balaban J connectivity index is 1.44. The van der Waals surface area contributed by atoms with Gasteiger partial charge in [0.2, 0.25) is 0 Å². The second kappa shape index (κ2) is 6.53. The van der Waals surface area contributed by atoms with Crippen LogP contribution in [0.1, 0.15) is 42.2 Å². The van der Waals surface area contributed by atoms with E-state index in [1.165, 1.54) is 30.5 Å². The number of H-pyrrole nitrogens is 1. The lowest BCUT2D eigenvalue weighted by Gasteiger charge is -2.40. The van der Waals surface area contributed by atoms with E-state index in [9.17, 15) is 0 Å². The predicted molar refractivity (Wildman–Crippen MR) is 103 cm³/mol. The molecule has 1 spiro atoms. The average molecular weight is 360 g/mol. The summed E-state index contributed by atoms with van der Waals surface area (Å²) in [6.07, 6.45) is 6.69. The summed E-state index contributed by atoms with van der Waals surface area (Å²) in [5.74, 6) is 2.61. The van der Waals surface area contributed by atoms with Crippen molar-refractivity contribution >= 4 is 0 Å². The maximum atomic E-state index is 5.07. The molecule has 3 heterocycles. The second-order valence-electron chi connectivity index (χ2n) is 7.87. The highest BCUT2D eigenvalue weighted by Gasteiger charge is 2.43. The zero-order valence-electron chi connectivity index (χ0n) is 15.6. The van der Waals surface area contributed by atoms with Gasteiger partial charge >= 0.3 is 0 Å². The van der Waals surface area contributed by atoms with Crippen LogP contribution >= 0.6 is 0 Å². The highest BCUT2D eigenvalue weighted by molar-refractivity contribution is 5.55. The summed E-state index contributed by atoms with van der Waals surface area (Å²) >= 11 is 0. The van der Waals surface area contributed by atoms with Crippen molar-refractivity contribution < 1.29 is 0 Å². The van der Waals surface area contributed by atoms with Gasteiger partial charge in [-0.3, -0.25) is 10.00 Å². The van der Waals surface area contributed by atoms with Gasteiger partial charge in [0, 0.05) is 23.7 Å². The van der Waals surface area contributed by atoms with Gasteiger partial charge in [-0.25, -0.2) is 15.0 Å². The molecule has 2 aromatic heterocycles. The first kappa shape index (κ1) is 16.6. The number of nitrogens with one attached hydrogen (secondary N) is 1. The van der Waals surface area contributed by atoms with Gasteiger partial charge in [0.05, 0.1) is 12.2 Å². The van der Waals surface area contributed by atoms with Crippen molar-refractivity contribution in [3.8, 4) is 11.4 Å². The van der Waals surface area contributed by atoms with E-state index in [1.807, 2.05) is 25.1 Å². The highest BCUT2D eigenvalue weighted by Crippen LogP contribution is 2.44. The van der Waals surface area contributed by atoms with Crippen LogP contribution in [0.15, 0.2) is 36.5 Å². The molecule has 0 amide bonds. The van der Waals surface area contributed by atoms with Gasteiger partial charge in [-0.15, -0.1) is 0 Å². The number of likely N-dealkylation sites (tertiary alicyclic amines) is 1. The molecule has 5 rings (SSSR count). The van der Waals surface area contributed by atoms with Crippen LogP contribution in [0.3, 0.4) is 0 Å². The van der Waals surface area contributed by atoms with Gasteiger partial charge in [-0.05, 0) is 44.7 Å². The van der Waals surface area contributed by atoms with Crippen molar-refractivity contribution in [2.24, 2.45) is 0 Å². The summed E-state index contributed by atoms with van der Waals surface area (Å²) in [4.78, 5) is 16.7. The lowest BCUT2D eigenvalue weighted by molar-refractivity contribution is 0.134. The lowest BCUT2D eigenvalue weighted by Crippen LogP contribution is -2.45. The SMILES string of the molecule is Cc1nc(CN2CCCC3(CCc4cnc(-c5ccccc5)nc43)C2)n[nH]1. The van der Waals surface area contributed by atoms with Crippen LogP contribution in [0.2, 0.25) is 0 Å². The molecule has 1 saturated heterocycles. The molecule has 138 valence electrons. The van der Waals surface area contributed by atoms with E-state index in [4.69, 9.17) is 4.98 Å². The summed E-state index contributed by atoms with van der Waals surface area (Å²) in [6, 6.07) is 10.3. The van der Waals surface area contributed by atoms with Crippen molar-refractivity contribution in [2.45, 2.75) is 44.6 Å². The van der Waals surface area contributed by atoms with Crippen LogP contribution in [0.25, 0.3) is 11.4 Å². The van der Waals surface area contributed by atoms with Crippen LogP contribution < -0.4 is 0 Å². The molecular weight excluding hydrogens is 336 g/mol. The van der Waals surface area contributed by atoms with Crippen LogP contribution in [0.5, 0.6) is 0 Å². The average Bonchev–Trinajstić information content (AvgIpc) is 3.26. The molecule has 0 saturated carbocycles. The largest absolute Gasteiger partial charge is 0.295 e. The predicted octanol–water partition coefficient (Wildman–Crippen LogP) is 3.05. The van der Waals surface area contributed by atoms with Crippen molar-refractivity contribution in [2.75, 3.05) is 13.1 Å². The van der Waals surface area contributed by atoms with E-state index < -0.39 is 0 Å². The third kappa shape index (κ3) is 3.04. The van der Waals surface area contributed by atoms with Gasteiger partial charge in [0.25, 0.3) is 0 Å². The minimum atomic E-state index is 0.144. The van der Waals surface area contributed by atoms with Crippen molar-refractivity contribution in [3.63, 3.8) is 0 Å². The van der Waals surface area contributed by atoms with E-state index in [-0.39, 0.29) is 5.41 Å². The number of nitrogens with zero attached hydrogens (tertiary/aromatic N) is 5. The lowest BCUT2D eigenvalue weighted by atomic mass is 9.77. The van der Waals surface area contributed by atoms with Gasteiger partial charge in [-0.2, -0.15) is 5.10 Å². The van der Waals surface area contributed by atoms with Gasteiger partial charge in [-0.1, -0.05) is 30.3 Å². The Morgan fingerprint density at radius 2 is 2.04 bits per heavy atom. The second-order valence-corrected chi connectivity index (χ2v) is 7.87. The van der Waals surface area contributed by atoms with Crippen LogP contribution in [-0.2, 0) is 18.4 Å². The molecule has 1 unspecified atom stereocenters. The zero-order chi connectivity index (χ0) is 18.3. The fraction of sp³-hybridized carbons (Fsp3) is 0.429. The standard InChI is InChI=1S/C21H24N6/c1-15-23-18(26-25-15)13-27-11-5-9-21(14-27)10-8-17-12-22-20(24-19(17)21)16-6-3-2-4-7-16/h2-4,6-7,12H,5,8-11,13-14H2,1H3,(H,23,25,26). The Hall–Kier alpha value is -2.60. The first-order chi connectivity index (χ1) is 13.2. The minimum absolute atomic E-state index is 0.144. The van der Waals surface area contributed by atoms with E-state index in [2.05, 4.69) is 43.4 Å². The monoisotopic (exact) mass is 360 g/mol. The third-order valence-corrected chi connectivity index (χ3v) is 5.94. The molecule has 1 fully saturated rings. The van der Waals surface area contributed by atoms with Crippen LogP contribution in [-0.4, -0.2) is 43.1 Å². The summed E-state index contributed by atoms with van der Waals surface area (Å²) in [5, 5.41) is 7.27. The minimum Gasteiger partial charge on any atom is -0.295 e. The number of piperidine rings is 1. The Kier molecular flexibility index (Phi) is 4.01. The Labute approximate surface area is 159 Å². The third-order valence-electron chi connectivity index (χ3n) is 5.94. The number of hydrogen-bond acceptors (Lipinski definition) is 5. The number of benzene rings is 1. The fourth-order valence-corrected chi connectivity index (χ4v) is 4.69. The summed E-state index contributed by atoms with van der Waals surface area (Å²) in [6.45, 7) is 4.88. The molecule has 0 radical (unpaired) electrons. The fourth-order valence-electron chi connectivity index (χ4n) is 4.69. The zero-order valence-corrected chi connectivity index (χ0v) is 15.6. The van der Waals surface area contributed by atoms with E-state index in [1.54, 1.807) is 0 Å². The van der Waals surface area contributed by atoms with Gasteiger partial charge < -0.3 is 0 Å². The quantitative estimate of drug-likeness (QED) is 0.777. The molecule has 0 bridgehead atoms. The Bertz CT molecular complexity index is 946. The topological polar surface area (TPSA) is 70.6 Å². The molecule has 6 nitrogen and oxygen atoms in total. The van der Waals surface area contributed by atoms with Gasteiger partial charge in [0.1, 0.15) is 5.82 Å². The Morgan fingerprint density at radius 3 is 2.85 bits per heavy atom. The number of aromatic nitrogens is 5. The number of rotatable bonds is 3. The molecule has 1 aromatic carbocycles. The van der Waals surface area contributed by atoms with Crippen molar-refractivity contribution in [1.82, 2.24) is 30.0 Å². The normalized spacial score (nSPS) is 22.3. The smallest absolute Gasteiger partial charge is 0.164 e. The number of aromatic amines is 1. The molecule has 6 heteroatoms. The Morgan fingerprint density at radius 1 is 1.15 bits per heavy atom. The molecule has 1 aliphatic carbocycles. The summed E-state index contributed by atoms with van der Waals surface area (Å²) in [5.41, 5.74) is 3.83. The van der Waals surface area contributed by atoms with Crippen LogP contribution in [0, 0.1) is 6.92 Å². The van der Waals surface area contributed by atoms with Crippen LogP contribution in [0.4, 0.5) is 0 Å². The molecule has 1 atom stereocenters. The number of hydrogen-bond donors (Lipinski definition) is 1. The maximum absolute atomic E-state index is 5.07. The van der Waals surface area contributed by atoms with E-state index >= 15 is 0 Å².